The first kappa shape index (κ1) is 20.3. The van der Waals surface area contributed by atoms with Gasteiger partial charge in [0.25, 0.3) is 0 Å². The third-order valence-electron chi connectivity index (χ3n) is 4.69. The van der Waals surface area contributed by atoms with Crippen LogP contribution in [0.15, 0.2) is 35.5 Å². The predicted octanol–water partition coefficient (Wildman–Crippen LogP) is 3.57. The van der Waals surface area contributed by atoms with Crippen molar-refractivity contribution >= 4 is 17.5 Å². The van der Waals surface area contributed by atoms with Gasteiger partial charge in [-0.15, -0.1) is 5.10 Å². The third-order valence-corrected chi connectivity index (χ3v) is 5.60. The van der Waals surface area contributed by atoms with Gasteiger partial charge in [-0.3, -0.25) is 4.79 Å². The molecule has 0 spiro atoms. The largest absolute Gasteiger partial charge is 0.383 e. The average molecular weight is 400 g/mol. The Morgan fingerprint density at radius 3 is 2.61 bits per heavy atom. The van der Waals surface area contributed by atoms with E-state index in [9.17, 15) is 4.79 Å². The molecule has 28 heavy (non-hydrogen) atoms. The molecule has 0 saturated heterocycles. The highest BCUT2D eigenvalue weighted by molar-refractivity contribution is 7.99. The summed E-state index contributed by atoms with van der Waals surface area (Å²) in [7, 11) is 1.69. The van der Waals surface area contributed by atoms with Crippen molar-refractivity contribution < 1.29 is 9.53 Å². The van der Waals surface area contributed by atoms with Gasteiger partial charge >= 0.3 is 0 Å². The number of hydrogen-bond acceptors (Lipinski definition) is 6. The lowest BCUT2D eigenvalue weighted by Gasteiger charge is -2.17. The summed E-state index contributed by atoms with van der Waals surface area (Å²) in [5.41, 5.74) is 4.80. The van der Waals surface area contributed by atoms with Crippen LogP contribution >= 0.6 is 11.8 Å². The number of hydrogen-bond donors (Lipinski definition) is 0. The zero-order valence-electron chi connectivity index (χ0n) is 16.8. The molecule has 0 aliphatic rings. The molecule has 0 aliphatic carbocycles. The van der Waals surface area contributed by atoms with Crippen LogP contribution in [0.1, 0.15) is 40.3 Å². The molecule has 8 heteroatoms. The molecule has 1 atom stereocenters. The maximum atomic E-state index is 12.9. The Balaban J connectivity index is 1.75. The van der Waals surface area contributed by atoms with Gasteiger partial charge in [0.05, 0.1) is 24.1 Å². The van der Waals surface area contributed by atoms with Crippen LogP contribution in [-0.2, 0) is 4.74 Å². The topological polar surface area (TPSA) is 74.8 Å². The van der Waals surface area contributed by atoms with Crippen molar-refractivity contribution in [2.45, 2.75) is 38.9 Å². The van der Waals surface area contributed by atoms with Crippen molar-refractivity contribution in [1.82, 2.24) is 24.8 Å². The van der Waals surface area contributed by atoms with E-state index in [-0.39, 0.29) is 17.6 Å². The van der Waals surface area contributed by atoms with Crippen LogP contribution in [0.3, 0.4) is 0 Å². The number of aromatic nitrogens is 5. The highest BCUT2D eigenvalue weighted by Crippen LogP contribution is 2.24. The van der Waals surface area contributed by atoms with Gasteiger partial charge in [0.15, 0.2) is 5.78 Å². The Morgan fingerprint density at radius 2 is 1.93 bits per heavy atom. The summed E-state index contributed by atoms with van der Waals surface area (Å²) in [6, 6.07) is 10.1. The molecule has 0 unspecified atom stereocenters. The van der Waals surface area contributed by atoms with Crippen molar-refractivity contribution in [3.63, 3.8) is 0 Å². The number of thioether (sulfide) groups is 1. The van der Waals surface area contributed by atoms with E-state index in [1.54, 1.807) is 11.8 Å². The average Bonchev–Trinajstić information content (AvgIpc) is 3.24. The van der Waals surface area contributed by atoms with Crippen molar-refractivity contribution in [2.75, 3.05) is 19.5 Å². The van der Waals surface area contributed by atoms with Gasteiger partial charge in [0, 0.05) is 24.1 Å². The fourth-order valence-corrected chi connectivity index (χ4v) is 4.15. The lowest BCUT2D eigenvalue weighted by molar-refractivity contribution is 0.102. The number of tetrazole rings is 1. The van der Waals surface area contributed by atoms with Crippen molar-refractivity contribution in [1.29, 1.82) is 0 Å². The summed E-state index contributed by atoms with van der Waals surface area (Å²) >= 11 is 1.34. The minimum atomic E-state index is 0.0624. The summed E-state index contributed by atoms with van der Waals surface area (Å²) in [5, 5.41) is 12.5. The summed E-state index contributed by atoms with van der Waals surface area (Å²) in [5.74, 6) is 0.335. The fourth-order valence-electron chi connectivity index (χ4n) is 3.38. The molecule has 2 heterocycles. The highest BCUT2D eigenvalue weighted by atomic mass is 32.2. The van der Waals surface area contributed by atoms with E-state index in [1.165, 1.54) is 17.3 Å². The maximum Gasteiger partial charge on any atom is 0.214 e. The molecule has 0 saturated carbocycles. The zero-order valence-corrected chi connectivity index (χ0v) is 17.7. The van der Waals surface area contributed by atoms with Crippen LogP contribution in [0.4, 0.5) is 0 Å². The molecule has 7 nitrogen and oxygen atoms in total. The van der Waals surface area contributed by atoms with Gasteiger partial charge in [-0.1, -0.05) is 29.5 Å². The van der Waals surface area contributed by atoms with Gasteiger partial charge in [-0.05, 0) is 56.3 Å². The van der Waals surface area contributed by atoms with E-state index in [0.29, 0.717) is 11.8 Å². The zero-order chi connectivity index (χ0) is 20.3. The quantitative estimate of drug-likeness (QED) is 0.426. The van der Waals surface area contributed by atoms with E-state index in [0.717, 1.165) is 22.6 Å². The molecule has 0 aliphatic heterocycles. The standard InChI is InChI=1S/C20H25N5O2S/c1-13-6-8-17(9-7-13)25-20(21-22-23-25)28-12-19(26)18-10-14(2)24(16(18)4)15(3)11-27-5/h6-10,15H,11-12H2,1-5H3/t15-/m0/s1. The fraction of sp³-hybridized carbons (Fsp3) is 0.400. The number of benzene rings is 1. The monoisotopic (exact) mass is 399 g/mol. The number of ketones is 1. The van der Waals surface area contributed by atoms with Gasteiger partial charge in [-0.25, -0.2) is 0 Å². The van der Waals surface area contributed by atoms with E-state index in [2.05, 4.69) is 27.0 Å². The maximum absolute atomic E-state index is 12.9. The minimum absolute atomic E-state index is 0.0624. The smallest absolute Gasteiger partial charge is 0.214 e. The summed E-state index contributed by atoms with van der Waals surface area (Å²) in [4.78, 5) is 12.9. The first-order chi connectivity index (χ1) is 13.4. The molecule has 3 rings (SSSR count). The summed E-state index contributed by atoms with van der Waals surface area (Å²) in [6.07, 6.45) is 0. The molecule has 3 aromatic rings. The van der Waals surface area contributed by atoms with Crippen LogP contribution in [0.25, 0.3) is 5.69 Å². The third kappa shape index (κ3) is 4.18. The molecule has 0 radical (unpaired) electrons. The summed E-state index contributed by atoms with van der Waals surface area (Å²) < 4.78 is 9.07. The number of aryl methyl sites for hydroxylation is 2. The molecular weight excluding hydrogens is 374 g/mol. The number of carbonyl (C=O) groups is 1. The van der Waals surface area contributed by atoms with E-state index >= 15 is 0 Å². The van der Waals surface area contributed by atoms with Gasteiger partial charge < -0.3 is 9.30 Å². The van der Waals surface area contributed by atoms with Crippen LogP contribution in [0.5, 0.6) is 0 Å². The van der Waals surface area contributed by atoms with Crippen LogP contribution in [0.2, 0.25) is 0 Å². The van der Waals surface area contributed by atoms with Crippen molar-refractivity contribution in [2.24, 2.45) is 0 Å². The molecule has 148 valence electrons. The van der Waals surface area contributed by atoms with E-state index in [1.807, 2.05) is 51.1 Å². The van der Waals surface area contributed by atoms with Crippen LogP contribution < -0.4 is 0 Å². The molecule has 0 bridgehead atoms. The van der Waals surface area contributed by atoms with Gasteiger partial charge in [-0.2, -0.15) is 4.68 Å². The second-order valence-corrected chi connectivity index (χ2v) is 7.82. The van der Waals surface area contributed by atoms with Crippen LogP contribution in [-0.4, -0.2) is 50.0 Å². The Morgan fingerprint density at radius 1 is 1.21 bits per heavy atom. The molecule has 0 fully saturated rings. The lowest BCUT2D eigenvalue weighted by atomic mass is 10.2. The molecule has 1 aromatic carbocycles. The Hall–Kier alpha value is -2.45. The number of nitrogens with zero attached hydrogens (tertiary/aromatic N) is 5. The highest BCUT2D eigenvalue weighted by Gasteiger charge is 2.20. The van der Waals surface area contributed by atoms with Crippen molar-refractivity contribution in [3.8, 4) is 5.69 Å². The van der Waals surface area contributed by atoms with Gasteiger partial charge in [0.1, 0.15) is 0 Å². The van der Waals surface area contributed by atoms with Gasteiger partial charge in [0.2, 0.25) is 5.16 Å². The van der Waals surface area contributed by atoms with E-state index in [4.69, 9.17) is 4.74 Å². The lowest BCUT2D eigenvalue weighted by Crippen LogP contribution is -2.14. The first-order valence-electron chi connectivity index (χ1n) is 9.11. The second-order valence-electron chi connectivity index (χ2n) is 6.88. The van der Waals surface area contributed by atoms with Crippen LogP contribution in [0, 0.1) is 20.8 Å². The number of Topliss-reactive ketones (excluding diaryl/α,β-unsaturated/α-hetero) is 1. The van der Waals surface area contributed by atoms with E-state index < -0.39 is 0 Å². The normalized spacial score (nSPS) is 12.3. The Kier molecular flexibility index (Phi) is 6.31. The molecule has 2 aromatic heterocycles. The molecular formula is C20H25N5O2S. The number of carbonyl (C=O) groups excluding carboxylic acids is 1. The van der Waals surface area contributed by atoms with Crippen molar-refractivity contribution in [3.05, 3.63) is 52.8 Å². The first-order valence-corrected chi connectivity index (χ1v) is 10.1. The Labute approximate surface area is 169 Å². The minimum Gasteiger partial charge on any atom is -0.383 e. The number of methoxy groups -OCH3 is 1. The predicted molar refractivity (Wildman–Crippen MR) is 109 cm³/mol. The summed E-state index contributed by atoms with van der Waals surface area (Å²) in [6.45, 7) is 8.71. The molecule has 0 N–H and O–H groups in total. The number of ether oxygens (including phenoxy) is 1. The number of rotatable bonds is 8. The molecule has 0 amide bonds. The Bertz CT molecular complexity index is 962. The second kappa shape index (κ2) is 8.70. The SMILES string of the molecule is COC[C@H](C)n1c(C)cc(C(=O)CSc2nnnn2-c2ccc(C)cc2)c1C.